The maximum Gasteiger partial charge on any atom is 0.420 e. The number of oxazole rings is 1. The van der Waals surface area contributed by atoms with Crippen LogP contribution in [0.3, 0.4) is 0 Å². The molecule has 8 nitrogen and oxygen atoms in total. The van der Waals surface area contributed by atoms with Crippen molar-refractivity contribution in [1.82, 2.24) is 4.57 Å². The highest BCUT2D eigenvalue weighted by Gasteiger charge is 2.20. The Morgan fingerprint density at radius 3 is 2.66 bits per heavy atom. The summed E-state index contributed by atoms with van der Waals surface area (Å²) in [7, 11) is -3.90. The lowest BCUT2D eigenvalue weighted by atomic mass is 10.1. The molecule has 0 saturated heterocycles. The van der Waals surface area contributed by atoms with Crippen molar-refractivity contribution in [3.63, 3.8) is 0 Å². The number of fused-ring (bicyclic) bond motifs is 1. The summed E-state index contributed by atoms with van der Waals surface area (Å²) in [6.45, 7) is 5.49. The number of nitrogens with zero attached hydrogens (tertiary/aromatic N) is 1. The smallest absolute Gasteiger partial charge is 0.420 e. The van der Waals surface area contributed by atoms with Crippen LogP contribution in [0, 0.1) is 13.8 Å². The predicted molar refractivity (Wildman–Crippen MR) is 108 cm³/mol. The minimum atomic E-state index is -3.90. The van der Waals surface area contributed by atoms with Gasteiger partial charge in [-0.3, -0.25) is 14.1 Å². The normalized spacial score (nSPS) is 11.6. The zero-order chi connectivity index (χ0) is 21.2. The molecule has 0 aliphatic rings. The zero-order valence-corrected chi connectivity index (χ0v) is 17.2. The lowest BCUT2D eigenvalue weighted by Gasteiger charge is -2.11. The van der Waals surface area contributed by atoms with Gasteiger partial charge in [-0.2, -0.15) is 0 Å². The van der Waals surface area contributed by atoms with Crippen LogP contribution < -0.4 is 10.5 Å². The number of nitrogens with one attached hydrogen (secondary N) is 1. The van der Waals surface area contributed by atoms with E-state index in [0.717, 1.165) is 15.7 Å². The Bertz CT molecular complexity index is 1220. The molecule has 0 aliphatic carbocycles. The van der Waals surface area contributed by atoms with Crippen LogP contribution in [0.4, 0.5) is 5.69 Å². The fourth-order valence-corrected chi connectivity index (χ4v) is 3.94. The van der Waals surface area contributed by atoms with Crippen LogP contribution in [0.5, 0.6) is 0 Å². The van der Waals surface area contributed by atoms with Crippen molar-refractivity contribution < 1.29 is 22.4 Å². The summed E-state index contributed by atoms with van der Waals surface area (Å²) in [5, 5.41) is 0. The number of hydrogen-bond donors (Lipinski definition) is 1. The monoisotopic (exact) mass is 418 g/mol. The Balaban J connectivity index is 1.92. The van der Waals surface area contributed by atoms with Gasteiger partial charge in [-0.05, 0) is 49.6 Å². The highest BCUT2D eigenvalue weighted by atomic mass is 32.2. The molecule has 1 aromatic heterocycles. The van der Waals surface area contributed by atoms with Gasteiger partial charge in [0.25, 0.3) is 10.0 Å². The Labute approximate surface area is 168 Å². The SMILES string of the molecule is CCCOC(=O)Cn1c(=O)oc2cc(S(=O)(=O)Nc3cc(C)ccc3C)ccc21. The zero-order valence-electron chi connectivity index (χ0n) is 16.4. The summed E-state index contributed by atoms with van der Waals surface area (Å²) < 4.78 is 39.4. The lowest BCUT2D eigenvalue weighted by molar-refractivity contribution is -0.144. The van der Waals surface area contributed by atoms with Crippen molar-refractivity contribution in [2.24, 2.45) is 0 Å². The fourth-order valence-electron chi connectivity index (χ4n) is 2.80. The Hall–Kier alpha value is -3.07. The number of benzene rings is 2. The summed E-state index contributed by atoms with van der Waals surface area (Å²) in [6, 6.07) is 9.51. The van der Waals surface area contributed by atoms with Gasteiger partial charge in [0.05, 0.1) is 22.7 Å². The van der Waals surface area contributed by atoms with Crippen LogP contribution in [0.15, 0.2) is 50.5 Å². The first kappa shape index (κ1) is 20.7. The molecule has 1 heterocycles. The van der Waals surface area contributed by atoms with Gasteiger partial charge < -0.3 is 9.15 Å². The van der Waals surface area contributed by atoms with Crippen LogP contribution in [0.1, 0.15) is 24.5 Å². The number of carbonyl (C=O) groups is 1. The molecule has 1 N–H and O–H groups in total. The standard InChI is InChI=1S/C20H22N2O6S/c1-4-9-27-19(23)12-22-17-8-7-15(11-18(17)28-20(22)24)29(25,26)21-16-10-13(2)5-6-14(16)3/h5-8,10-11,21H,4,9,12H2,1-3H3. The van der Waals surface area contributed by atoms with Crippen LogP contribution in [0.25, 0.3) is 11.1 Å². The molecule has 0 fully saturated rings. The van der Waals surface area contributed by atoms with E-state index >= 15 is 0 Å². The summed E-state index contributed by atoms with van der Waals surface area (Å²) >= 11 is 0. The van der Waals surface area contributed by atoms with Gasteiger partial charge in [0.15, 0.2) is 5.58 Å². The molecule has 0 spiro atoms. The Kier molecular flexibility index (Phi) is 5.78. The molecule has 0 bridgehead atoms. The molecular weight excluding hydrogens is 396 g/mol. The van der Waals surface area contributed by atoms with Gasteiger partial charge in [0.2, 0.25) is 0 Å². The van der Waals surface area contributed by atoms with Crippen LogP contribution >= 0.6 is 0 Å². The Morgan fingerprint density at radius 1 is 1.17 bits per heavy atom. The number of aromatic nitrogens is 1. The number of aryl methyl sites for hydroxylation is 2. The van der Waals surface area contributed by atoms with Crippen LogP contribution in [-0.2, 0) is 26.1 Å². The molecule has 0 unspecified atom stereocenters. The molecular formula is C20H22N2O6S. The van der Waals surface area contributed by atoms with Crippen molar-refractivity contribution in [3.8, 4) is 0 Å². The average Bonchev–Trinajstić information content (AvgIpc) is 2.97. The minimum Gasteiger partial charge on any atom is -0.464 e. The molecule has 2 aromatic carbocycles. The van der Waals surface area contributed by atoms with Crippen molar-refractivity contribution in [3.05, 3.63) is 58.1 Å². The van der Waals surface area contributed by atoms with E-state index in [9.17, 15) is 18.0 Å². The molecule has 3 aromatic rings. The summed E-state index contributed by atoms with van der Waals surface area (Å²) in [4.78, 5) is 23.9. The number of anilines is 1. The first-order valence-electron chi connectivity index (χ1n) is 9.10. The maximum atomic E-state index is 12.8. The molecule has 0 saturated carbocycles. The molecule has 3 rings (SSSR count). The van der Waals surface area contributed by atoms with E-state index in [0.29, 0.717) is 17.6 Å². The molecule has 0 radical (unpaired) electrons. The summed E-state index contributed by atoms with van der Waals surface area (Å²) in [6.07, 6.45) is 0.668. The van der Waals surface area contributed by atoms with Crippen LogP contribution in [0.2, 0.25) is 0 Å². The van der Waals surface area contributed by atoms with E-state index in [1.54, 1.807) is 13.0 Å². The van der Waals surface area contributed by atoms with Gasteiger partial charge in [-0.15, -0.1) is 0 Å². The number of sulfonamides is 1. The van der Waals surface area contributed by atoms with Gasteiger partial charge in [-0.25, -0.2) is 13.2 Å². The summed E-state index contributed by atoms with van der Waals surface area (Å²) in [5.41, 5.74) is 2.56. The van der Waals surface area contributed by atoms with Crippen molar-refractivity contribution in [2.45, 2.75) is 38.6 Å². The van der Waals surface area contributed by atoms with Gasteiger partial charge in [0.1, 0.15) is 6.54 Å². The molecule has 29 heavy (non-hydrogen) atoms. The quantitative estimate of drug-likeness (QED) is 0.591. The molecule has 0 atom stereocenters. The first-order valence-corrected chi connectivity index (χ1v) is 10.6. The van der Waals surface area contributed by atoms with Crippen molar-refractivity contribution >= 4 is 32.8 Å². The van der Waals surface area contributed by atoms with E-state index in [1.165, 1.54) is 18.2 Å². The third-order valence-electron chi connectivity index (χ3n) is 4.34. The number of ether oxygens (including phenoxy) is 1. The lowest BCUT2D eigenvalue weighted by Crippen LogP contribution is -2.21. The fraction of sp³-hybridized carbons (Fsp3) is 0.300. The maximum absolute atomic E-state index is 12.8. The second-order valence-corrected chi connectivity index (χ2v) is 8.41. The van der Waals surface area contributed by atoms with Gasteiger partial charge in [-0.1, -0.05) is 19.1 Å². The van der Waals surface area contributed by atoms with E-state index < -0.39 is 21.7 Å². The molecule has 9 heteroatoms. The molecule has 0 aliphatic heterocycles. The highest BCUT2D eigenvalue weighted by molar-refractivity contribution is 7.92. The first-order chi connectivity index (χ1) is 13.7. The van der Waals surface area contributed by atoms with E-state index in [2.05, 4.69) is 4.72 Å². The third kappa shape index (κ3) is 4.51. The number of esters is 1. The van der Waals surface area contributed by atoms with E-state index in [4.69, 9.17) is 9.15 Å². The highest BCUT2D eigenvalue weighted by Crippen LogP contribution is 2.23. The number of rotatable bonds is 7. The largest absolute Gasteiger partial charge is 0.464 e. The topological polar surface area (TPSA) is 108 Å². The number of hydrogen-bond acceptors (Lipinski definition) is 6. The second-order valence-electron chi connectivity index (χ2n) is 6.73. The average molecular weight is 418 g/mol. The Morgan fingerprint density at radius 2 is 1.93 bits per heavy atom. The molecule has 0 amide bonds. The van der Waals surface area contributed by atoms with Gasteiger partial charge in [0, 0.05) is 6.07 Å². The van der Waals surface area contributed by atoms with Gasteiger partial charge >= 0.3 is 11.7 Å². The van der Waals surface area contributed by atoms with Crippen molar-refractivity contribution in [2.75, 3.05) is 11.3 Å². The van der Waals surface area contributed by atoms with Crippen molar-refractivity contribution in [1.29, 1.82) is 0 Å². The van der Waals surface area contributed by atoms with E-state index in [1.807, 2.05) is 26.0 Å². The predicted octanol–water partition coefficient (Wildman–Crippen LogP) is 2.97. The molecule has 154 valence electrons. The summed E-state index contributed by atoms with van der Waals surface area (Å²) in [5.74, 6) is -1.32. The van der Waals surface area contributed by atoms with Crippen LogP contribution in [-0.4, -0.2) is 25.6 Å². The minimum absolute atomic E-state index is 0.0552. The third-order valence-corrected chi connectivity index (χ3v) is 5.70. The number of carbonyl (C=O) groups excluding carboxylic acids is 1. The van der Waals surface area contributed by atoms with E-state index in [-0.39, 0.29) is 23.6 Å². The second kappa shape index (κ2) is 8.12.